The molecule has 1 aliphatic carbocycles. The zero-order valence-corrected chi connectivity index (χ0v) is 26.3. The van der Waals surface area contributed by atoms with E-state index in [4.69, 9.17) is 4.74 Å². The van der Waals surface area contributed by atoms with Crippen molar-refractivity contribution in [2.45, 2.75) is 51.4 Å². The van der Waals surface area contributed by atoms with Crippen molar-refractivity contribution in [1.82, 2.24) is 24.6 Å². The lowest BCUT2D eigenvalue weighted by molar-refractivity contribution is -0.139. The highest BCUT2D eigenvalue weighted by Gasteiger charge is 2.44. The zero-order chi connectivity index (χ0) is 32.1. The molecule has 4 aromatic rings. The highest BCUT2D eigenvalue weighted by molar-refractivity contribution is 7.93. The van der Waals surface area contributed by atoms with Crippen molar-refractivity contribution in [3.8, 4) is 16.9 Å². The number of alkyl halides is 2. The first kappa shape index (κ1) is 30.4. The lowest BCUT2D eigenvalue weighted by Crippen LogP contribution is -2.40. The molecule has 7 rings (SSSR count). The average molecular weight is 655 g/mol. The number of hydrogen-bond donors (Lipinski definition) is 1. The van der Waals surface area contributed by atoms with Crippen molar-refractivity contribution in [3.05, 3.63) is 48.8 Å². The van der Waals surface area contributed by atoms with E-state index in [9.17, 15) is 22.0 Å². The van der Waals surface area contributed by atoms with Gasteiger partial charge in [0.2, 0.25) is 10.0 Å². The van der Waals surface area contributed by atoms with Gasteiger partial charge in [0.15, 0.2) is 5.75 Å². The van der Waals surface area contributed by atoms with Crippen LogP contribution in [0.5, 0.6) is 0 Å². The molecule has 244 valence electrons. The van der Waals surface area contributed by atoms with Crippen LogP contribution < -0.4 is 14.5 Å². The Morgan fingerprint density at radius 1 is 0.957 bits per heavy atom. The Balaban J connectivity index is 1.20. The summed E-state index contributed by atoms with van der Waals surface area (Å²) in [7, 11) is -3.99. The first-order chi connectivity index (χ1) is 22.0. The SMILES string of the molecule is CCOC(=O)CS(=O)(=O)Nc1ccc(-n2cc(-c3cc(N4CCC(F)(F)CC4)n4nccc4c3)nn2)c(N2CCC3(CC2)CC3)c1. The van der Waals surface area contributed by atoms with Gasteiger partial charge in [-0.25, -0.2) is 26.4 Å². The van der Waals surface area contributed by atoms with Crippen LogP contribution in [0.15, 0.2) is 48.8 Å². The van der Waals surface area contributed by atoms with Gasteiger partial charge < -0.3 is 14.5 Å². The summed E-state index contributed by atoms with van der Waals surface area (Å²) >= 11 is 0. The topological polar surface area (TPSA) is 127 Å². The molecule has 12 nitrogen and oxygen atoms in total. The van der Waals surface area contributed by atoms with Crippen LogP contribution in [0.1, 0.15) is 45.4 Å². The number of anilines is 3. The number of esters is 1. The Morgan fingerprint density at radius 3 is 2.41 bits per heavy atom. The Bertz CT molecular complexity index is 1870. The third-order valence-electron chi connectivity index (χ3n) is 9.32. The summed E-state index contributed by atoms with van der Waals surface area (Å²) in [5.74, 6) is -3.55. The van der Waals surface area contributed by atoms with E-state index >= 15 is 0 Å². The van der Waals surface area contributed by atoms with Crippen molar-refractivity contribution < 1.29 is 26.7 Å². The fraction of sp³-hybridized carbons (Fsp3) is 0.484. The summed E-state index contributed by atoms with van der Waals surface area (Å²) < 4.78 is 64.1. The number of benzene rings is 1. The van der Waals surface area contributed by atoms with Crippen LogP contribution in [-0.4, -0.2) is 83.5 Å². The molecule has 0 amide bonds. The number of aromatic nitrogens is 5. The number of nitrogens with zero attached hydrogens (tertiary/aromatic N) is 7. The van der Waals surface area contributed by atoms with Crippen molar-refractivity contribution >= 4 is 38.7 Å². The van der Waals surface area contributed by atoms with Crippen LogP contribution in [0.25, 0.3) is 22.5 Å². The zero-order valence-electron chi connectivity index (χ0n) is 25.5. The van der Waals surface area contributed by atoms with Crippen LogP contribution in [0.4, 0.5) is 26.0 Å². The molecule has 0 bridgehead atoms. The Morgan fingerprint density at radius 2 is 1.70 bits per heavy atom. The molecule has 3 fully saturated rings. The molecule has 3 aromatic heterocycles. The van der Waals surface area contributed by atoms with Gasteiger partial charge in [0.25, 0.3) is 5.92 Å². The van der Waals surface area contributed by atoms with Crippen LogP contribution >= 0.6 is 0 Å². The minimum Gasteiger partial charge on any atom is -0.465 e. The lowest BCUT2D eigenvalue weighted by atomic mass is 9.93. The quantitative estimate of drug-likeness (QED) is 0.260. The number of halogens is 2. The van der Waals surface area contributed by atoms with Crippen molar-refractivity contribution in [1.29, 1.82) is 0 Å². The number of sulfonamides is 1. The minimum atomic E-state index is -3.99. The molecule has 1 spiro atoms. The maximum absolute atomic E-state index is 13.9. The molecular formula is C31H36F2N8O4S. The molecular weight excluding hydrogens is 618 g/mol. The number of hydrogen-bond acceptors (Lipinski definition) is 9. The molecule has 1 N–H and O–H groups in total. The normalized spacial score (nSPS) is 19.0. The van der Waals surface area contributed by atoms with Gasteiger partial charge in [-0.2, -0.15) is 5.10 Å². The summed E-state index contributed by atoms with van der Waals surface area (Å²) in [5.41, 5.74) is 4.45. The fourth-order valence-corrected chi connectivity index (χ4v) is 7.42. The monoisotopic (exact) mass is 654 g/mol. The second kappa shape index (κ2) is 11.5. The number of nitrogens with one attached hydrogen (secondary N) is 1. The highest BCUT2D eigenvalue weighted by atomic mass is 32.2. The third-order valence-corrected chi connectivity index (χ3v) is 10.5. The van der Waals surface area contributed by atoms with Gasteiger partial charge in [0, 0.05) is 44.6 Å². The third kappa shape index (κ3) is 6.24. The summed E-state index contributed by atoms with van der Waals surface area (Å²) in [4.78, 5) is 16.0. The van der Waals surface area contributed by atoms with Crippen LogP contribution in [-0.2, 0) is 19.6 Å². The first-order valence-electron chi connectivity index (χ1n) is 15.6. The largest absolute Gasteiger partial charge is 0.465 e. The van der Waals surface area contributed by atoms with Gasteiger partial charge in [-0.3, -0.25) is 9.52 Å². The molecule has 2 saturated heterocycles. The number of fused-ring (bicyclic) bond motifs is 1. The van der Waals surface area contributed by atoms with Crippen molar-refractivity contribution in [2.24, 2.45) is 5.41 Å². The molecule has 0 atom stereocenters. The summed E-state index contributed by atoms with van der Waals surface area (Å²) in [6.07, 6.45) is 7.67. The van der Waals surface area contributed by atoms with Gasteiger partial charge in [-0.15, -0.1) is 5.10 Å². The molecule has 46 heavy (non-hydrogen) atoms. The van der Waals surface area contributed by atoms with Gasteiger partial charge in [0.1, 0.15) is 11.5 Å². The second-order valence-electron chi connectivity index (χ2n) is 12.5. The summed E-state index contributed by atoms with van der Waals surface area (Å²) in [6.45, 7) is 3.80. The van der Waals surface area contributed by atoms with Crippen LogP contribution in [0.2, 0.25) is 0 Å². The molecule has 3 aliphatic rings. The van der Waals surface area contributed by atoms with E-state index in [2.05, 4.69) is 25.0 Å². The maximum Gasteiger partial charge on any atom is 0.323 e. The highest BCUT2D eigenvalue weighted by Crippen LogP contribution is 2.54. The molecule has 0 radical (unpaired) electrons. The number of carbonyl (C=O) groups excluding carboxylic acids is 1. The van der Waals surface area contributed by atoms with E-state index in [0.29, 0.717) is 22.6 Å². The Labute approximate surface area is 265 Å². The van der Waals surface area contributed by atoms with Gasteiger partial charge in [-0.05, 0) is 74.4 Å². The molecule has 15 heteroatoms. The standard InChI is InChI=1S/C31H36F2N8O4S/c1-2-45-29(42)21-46(43,44)36-23-3-4-26(27(19-23)38-13-8-30(6-7-30)9-14-38)40-20-25(35-37-40)22-17-24-5-12-34-41(24)28(18-22)39-15-10-31(32,33)11-16-39/h3-5,12,17-20,36H,2,6-11,13-16,21H2,1H3. The van der Waals surface area contributed by atoms with Crippen LogP contribution in [0, 0.1) is 5.41 Å². The molecule has 0 unspecified atom stereocenters. The summed E-state index contributed by atoms with van der Waals surface area (Å²) in [5, 5.41) is 13.4. The van der Waals surface area contributed by atoms with Crippen LogP contribution in [0.3, 0.4) is 0 Å². The second-order valence-corrected chi connectivity index (χ2v) is 14.2. The predicted octanol–water partition coefficient (Wildman–Crippen LogP) is 4.50. The predicted molar refractivity (Wildman–Crippen MR) is 169 cm³/mol. The Kier molecular flexibility index (Phi) is 7.60. The number of piperidine rings is 2. The number of ether oxygens (including phenoxy) is 1. The Hall–Kier alpha value is -4.27. The molecule has 5 heterocycles. The fourth-order valence-electron chi connectivity index (χ4n) is 6.47. The van der Waals surface area contributed by atoms with Gasteiger partial charge >= 0.3 is 5.97 Å². The van der Waals surface area contributed by atoms with Crippen molar-refractivity contribution in [3.63, 3.8) is 0 Å². The van der Waals surface area contributed by atoms with E-state index in [1.165, 1.54) is 12.8 Å². The average Bonchev–Trinajstić information content (AvgIpc) is 3.38. The molecule has 1 saturated carbocycles. The smallest absolute Gasteiger partial charge is 0.323 e. The minimum absolute atomic E-state index is 0.0956. The molecule has 1 aromatic carbocycles. The number of rotatable bonds is 9. The van der Waals surface area contributed by atoms with E-state index in [1.54, 1.807) is 40.5 Å². The summed E-state index contributed by atoms with van der Waals surface area (Å²) in [6, 6.07) is 10.9. The van der Waals surface area contributed by atoms with Crippen molar-refractivity contribution in [2.75, 3.05) is 53.1 Å². The maximum atomic E-state index is 13.9. The molecule has 2 aliphatic heterocycles. The number of pyridine rings is 1. The lowest BCUT2D eigenvalue weighted by Gasteiger charge is -2.35. The van der Waals surface area contributed by atoms with Gasteiger partial charge in [-0.1, -0.05) is 5.21 Å². The van der Waals surface area contributed by atoms with E-state index in [1.807, 2.05) is 29.3 Å². The first-order valence-corrected chi connectivity index (χ1v) is 17.3. The van der Waals surface area contributed by atoms with E-state index < -0.39 is 27.7 Å². The number of carbonyl (C=O) groups is 1. The van der Waals surface area contributed by atoms with Gasteiger partial charge in [0.05, 0.1) is 41.6 Å². The van der Waals surface area contributed by atoms with E-state index in [0.717, 1.165) is 48.4 Å². The van der Waals surface area contributed by atoms with E-state index in [-0.39, 0.29) is 32.5 Å².